The zero-order valence-electron chi connectivity index (χ0n) is 78.7. The Morgan fingerprint density at radius 2 is 0.717 bits per heavy atom. The van der Waals surface area contributed by atoms with E-state index in [1.807, 2.05) is 165 Å². The molecule has 35 nitrogen and oxygen atoms in total. The number of para-hydroxylation sites is 5. The van der Waals surface area contributed by atoms with E-state index in [0.29, 0.717) is 77.5 Å². The molecular formula is C89H137Cl3N28O7. The van der Waals surface area contributed by atoms with Crippen molar-refractivity contribution in [2.45, 2.75) is 20.1 Å². The molecular weight excluding hydrogens is 1680 g/mol. The van der Waals surface area contributed by atoms with Crippen LogP contribution >= 0.6 is 34.8 Å². The van der Waals surface area contributed by atoms with Gasteiger partial charge in [0, 0.05) is 172 Å². The van der Waals surface area contributed by atoms with Crippen LogP contribution in [0, 0.1) is 30.3 Å². The summed E-state index contributed by atoms with van der Waals surface area (Å²) in [6, 6.07) is 38.1. The highest BCUT2D eigenvalue weighted by Gasteiger charge is 2.29. The standard InChI is InChI=1S/C22H34N6O.C18H28N6O2.C18H30N6.C13H15ClN4O2.C9H4Cl2N2O2.C5H14N2.C4H12N2/c1-7-29-16-19-24-20-21(28(19)15-13-26(4)5)17-10-8-9-11-18(17)23-22(20)27(6)14-12-25(2)3;1-21(2)11-10-19-16-14-8-6-7-9-15(14)20-18(17(16)24(25)26)23(5)13-12-22(3)4;1-22(2)11-10-20-17-14-8-6-7-9-15(14)21-18(16(17)19)24(5)13-12-23(3)4;1-17(2)8-7-15-11-9-5-3-4-6-10(9)16-13(14)12(11)18(19)20;10-7-5-3-1-2-4-6(5)12-9(11)8(7)13(14)15;1-6-4-5-7(2)3;1-6(2)4-3-5/h8-11H,7,12-16H2,1-6H3;6-9H,10-13H2,1-5H3,(H,19,20);6-9H,10-13,19H2,1-5H3,(H,20,21);3-6H,7-8H2,1-2H3,(H,15,16);1-4H;6H,4-5H2,1-3H3;3-5H2,1-2H3. The highest BCUT2D eigenvalue weighted by molar-refractivity contribution is 6.41. The van der Waals surface area contributed by atoms with Crippen molar-refractivity contribution in [3.63, 3.8) is 0 Å². The van der Waals surface area contributed by atoms with Gasteiger partial charge < -0.3 is 101 Å². The van der Waals surface area contributed by atoms with Crippen LogP contribution in [0.3, 0.4) is 0 Å². The number of hydrogen-bond acceptors (Lipinski definition) is 31. The van der Waals surface area contributed by atoms with Gasteiger partial charge in [-0.1, -0.05) is 126 Å². The topological polar surface area (TPSA) is 360 Å². The molecule has 0 aliphatic carbocycles. The minimum atomic E-state index is -0.635. The first-order chi connectivity index (χ1) is 60.3. The lowest BCUT2D eigenvalue weighted by atomic mass is 10.1. The first-order valence-corrected chi connectivity index (χ1v) is 43.2. The summed E-state index contributed by atoms with van der Waals surface area (Å²) in [5.41, 5.74) is 19.8. The van der Waals surface area contributed by atoms with Crippen LogP contribution < -0.4 is 47.4 Å². The molecule has 0 spiro atoms. The van der Waals surface area contributed by atoms with Crippen molar-refractivity contribution in [2.24, 2.45) is 5.73 Å². The van der Waals surface area contributed by atoms with E-state index in [4.69, 9.17) is 66.0 Å². The number of nitrogens with zero attached hydrogens (tertiary/aromatic N) is 22. The first kappa shape index (κ1) is 107. The van der Waals surface area contributed by atoms with E-state index in [2.05, 4.69) is 182 Å². The SMILES string of the molecule is CCOCc1nc2c(N(C)CCN(C)C)nc3ccccc3c2n1CCN(C)C.CN(C)CCN.CN(C)CCNc1c(N)c(N(C)CCN(C)C)nc2ccccc12.CN(C)CCNc1c([N+](=O)[O-])c(Cl)nc2ccccc12.CN(C)CCNc1c([N+](=O)[O-])c(N(C)CCN(C)C)nc2ccccc12.CNCCN(C)C.O=[N+]([O-])c1c(Cl)nc2ccccc2c1Cl. The minimum Gasteiger partial charge on any atom is -0.394 e. The third kappa shape index (κ3) is 34.1. The Morgan fingerprint density at radius 1 is 0.386 bits per heavy atom. The fourth-order valence-electron chi connectivity index (χ4n) is 12.5. The van der Waals surface area contributed by atoms with Crippen molar-refractivity contribution < 1.29 is 19.5 Å². The van der Waals surface area contributed by atoms with Crippen LogP contribution in [0.25, 0.3) is 65.5 Å². The van der Waals surface area contributed by atoms with Gasteiger partial charge in [-0.3, -0.25) is 30.3 Å². The van der Waals surface area contributed by atoms with E-state index in [9.17, 15) is 30.3 Å². The van der Waals surface area contributed by atoms with Crippen LogP contribution in [0.15, 0.2) is 121 Å². The molecule has 0 unspecified atom stereocenters. The molecule has 6 heterocycles. The fraction of sp³-hybridized carbons (Fsp3) is 0.483. The second-order valence-corrected chi connectivity index (χ2v) is 33.6. The molecule has 0 amide bonds. The number of ether oxygens (including phenoxy) is 1. The first-order valence-electron chi connectivity index (χ1n) is 42.0. The Hall–Kier alpha value is -10.2. The minimum absolute atomic E-state index is 0.0237. The lowest BCUT2D eigenvalue weighted by molar-refractivity contribution is -0.384. The van der Waals surface area contributed by atoms with Crippen LogP contribution in [0.5, 0.6) is 0 Å². The number of hydrogen-bond donors (Lipinski definition) is 6. The van der Waals surface area contributed by atoms with Crippen molar-refractivity contribution in [2.75, 3.05) is 309 Å². The number of nitrogens with two attached hydrogens (primary N) is 2. The van der Waals surface area contributed by atoms with Gasteiger partial charge in [-0.05, 0) is 171 Å². The van der Waals surface area contributed by atoms with Crippen LogP contribution in [-0.4, -0.2) is 366 Å². The number of imidazole rings is 1. The van der Waals surface area contributed by atoms with Gasteiger partial charge in [-0.2, -0.15) is 0 Å². The number of benzene rings is 5. The molecule has 11 rings (SSSR count). The molecule has 696 valence electrons. The monoisotopic (exact) mass is 1820 g/mol. The van der Waals surface area contributed by atoms with Crippen LogP contribution in [0.4, 0.5) is 57.3 Å². The number of likely N-dealkylation sites (N-methyl/N-ethyl adjacent to an activating group) is 13. The molecule has 0 bridgehead atoms. The average Bonchev–Trinajstić information content (AvgIpc) is 1.60. The molecule has 0 saturated heterocycles. The largest absolute Gasteiger partial charge is 0.394 e. The average molecular weight is 1820 g/mol. The van der Waals surface area contributed by atoms with Crippen LogP contribution in [0.2, 0.25) is 15.3 Å². The van der Waals surface area contributed by atoms with Crippen LogP contribution in [-0.2, 0) is 17.9 Å². The maximum atomic E-state index is 11.9. The smallest absolute Gasteiger partial charge is 0.335 e. The van der Waals surface area contributed by atoms with Crippen molar-refractivity contribution in [1.29, 1.82) is 0 Å². The lowest BCUT2D eigenvalue weighted by Gasteiger charge is -2.24. The van der Waals surface area contributed by atoms with Crippen molar-refractivity contribution in [3.8, 4) is 0 Å². The molecule has 0 saturated carbocycles. The Morgan fingerprint density at radius 3 is 1.11 bits per heavy atom. The molecule has 0 aliphatic rings. The summed E-state index contributed by atoms with van der Waals surface area (Å²) in [6.07, 6.45) is 0. The maximum absolute atomic E-state index is 11.9. The fourth-order valence-corrected chi connectivity index (χ4v) is 13.3. The number of pyridine rings is 5. The van der Waals surface area contributed by atoms with Crippen LogP contribution in [0.1, 0.15) is 12.7 Å². The number of halogens is 3. The number of fused-ring (bicyclic) bond motifs is 7. The number of nitrogen functional groups attached to an aromatic ring is 1. The number of nitro groups is 3. The molecule has 0 atom stereocenters. The molecule has 0 aliphatic heterocycles. The van der Waals surface area contributed by atoms with Gasteiger partial charge in [0.2, 0.25) is 16.1 Å². The van der Waals surface area contributed by atoms with E-state index in [1.165, 1.54) is 0 Å². The predicted octanol–water partition coefficient (Wildman–Crippen LogP) is 12.1. The molecule has 8 N–H and O–H groups in total. The molecule has 0 fully saturated rings. The van der Waals surface area contributed by atoms with Gasteiger partial charge in [0.15, 0.2) is 11.6 Å². The third-order valence-corrected chi connectivity index (χ3v) is 20.4. The zero-order valence-corrected chi connectivity index (χ0v) is 80.9. The molecule has 38 heteroatoms. The van der Waals surface area contributed by atoms with E-state index in [0.717, 1.165) is 165 Å². The summed E-state index contributed by atoms with van der Waals surface area (Å²) in [5.74, 6) is 3.12. The van der Waals surface area contributed by atoms with Gasteiger partial charge in [0.1, 0.15) is 34.3 Å². The zero-order chi connectivity index (χ0) is 94.3. The Bertz CT molecular complexity index is 5240. The Labute approximate surface area is 764 Å². The molecule has 127 heavy (non-hydrogen) atoms. The number of rotatable bonds is 38. The van der Waals surface area contributed by atoms with E-state index >= 15 is 0 Å². The Kier molecular flexibility index (Phi) is 46.4. The van der Waals surface area contributed by atoms with E-state index in [1.54, 1.807) is 36.4 Å². The molecule has 5 aromatic carbocycles. The second kappa shape index (κ2) is 54.9. The summed E-state index contributed by atoms with van der Waals surface area (Å²) < 4.78 is 8.07. The summed E-state index contributed by atoms with van der Waals surface area (Å²) >= 11 is 17.5. The number of nitrogens with one attached hydrogen (secondary N) is 4. The van der Waals surface area contributed by atoms with E-state index in [-0.39, 0.29) is 37.3 Å². The van der Waals surface area contributed by atoms with Gasteiger partial charge in [-0.15, -0.1) is 0 Å². The molecule has 11 aromatic rings. The second-order valence-electron chi connectivity index (χ2n) is 32.5. The Balaban J connectivity index is 0.000000274. The molecule has 6 aromatic heterocycles. The summed E-state index contributed by atoms with van der Waals surface area (Å²) in [4.78, 5) is 84.8. The lowest BCUT2D eigenvalue weighted by Crippen LogP contribution is -2.30. The highest BCUT2D eigenvalue weighted by Crippen LogP contribution is 2.42. The highest BCUT2D eigenvalue weighted by atomic mass is 35.5. The van der Waals surface area contributed by atoms with Gasteiger partial charge in [0.05, 0.1) is 59.2 Å². The van der Waals surface area contributed by atoms with E-state index < -0.39 is 9.85 Å². The quantitative estimate of drug-likeness (QED) is 0.0119. The van der Waals surface area contributed by atoms with Gasteiger partial charge in [0.25, 0.3) is 0 Å². The normalized spacial score (nSPS) is 11.2. The maximum Gasteiger partial charge on any atom is 0.335 e. The predicted molar refractivity (Wildman–Crippen MR) is 532 cm³/mol. The summed E-state index contributed by atoms with van der Waals surface area (Å²) in [7, 11) is 44.5. The number of anilines is 7. The summed E-state index contributed by atoms with van der Waals surface area (Å²) in [6.45, 7) is 18.6. The van der Waals surface area contributed by atoms with Crippen molar-refractivity contribution >= 4 is 158 Å². The van der Waals surface area contributed by atoms with Gasteiger partial charge in [-0.25, -0.2) is 29.9 Å². The van der Waals surface area contributed by atoms with Gasteiger partial charge >= 0.3 is 17.1 Å². The summed E-state index contributed by atoms with van der Waals surface area (Å²) in [5, 5.41) is 50.7. The van der Waals surface area contributed by atoms with Crippen molar-refractivity contribution in [1.82, 2.24) is 83.9 Å². The van der Waals surface area contributed by atoms with Crippen molar-refractivity contribution in [3.05, 3.63) is 173 Å². The third-order valence-electron chi connectivity index (χ3n) is 19.4. The number of aromatic nitrogens is 7. The molecule has 0 radical (unpaired) electrons.